The molecule has 0 fully saturated rings. The van der Waals surface area contributed by atoms with Gasteiger partial charge in [-0.2, -0.15) is 4.98 Å². The minimum Gasteiger partial charge on any atom is -0.376 e. The lowest BCUT2D eigenvalue weighted by atomic mass is 10.1. The van der Waals surface area contributed by atoms with Crippen LogP contribution in [0.25, 0.3) is 22.2 Å². The Morgan fingerprint density at radius 1 is 1.22 bits per heavy atom. The quantitative estimate of drug-likeness (QED) is 0.784. The van der Waals surface area contributed by atoms with E-state index in [1.807, 2.05) is 24.3 Å². The van der Waals surface area contributed by atoms with Crippen LogP contribution in [0, 0.1) is 0 Å². The number of ether oxygens (including phenoxy) is 1. The topological polar surface area (TPSA) is 74.2 Å². The molecule has 0 unspecified atom stereocenters. The Bertz CT molecular complexity index is 775. The second-order valence-corrected chi connectivity index (χ2v) is 6.32. The molecule has 7 heteroatoms. The molecule has 4 rings (SSSR count). The van der Waals surface area contributed by atoms with E-state index in [0.29, 0.717) is 24.9 Å². The van der Waals surface area contributed by atoms with Crippen LogP contribution in [0.15, 0.2) is 34.9 Å². The molecule has 0 saturated carbocycles. The van der Waals surface area contributed by atoms with Crippen LogP contribution in [0.5, 0.6) is 0 Å². The maximum atomic E-state index is 5.61. The maximum Gasteiger partial charge on any atom is 0.268 e. The van der Waals surface area contributed by atoms with Crippen LogP contribution in [-0.2, 0) is 24.3 Å². The highest BCUT2D eigenvalue weighted by Gasteiger charge is 2.18. The molecule has 0 amide bonds. The molecule has 0 radical (unpaired) electrons. The molecule has 5 nitrogen and oxygen atoms in total. The van der Waals surface area contributed by atoms with Gasteiger partial charge in [-0.1, -0.05) is 29.4 Å². The zero-order valence-electron chi connectivity index (χ0n) is 12.3. The lowest BCUT2D eigenvalue weighted by Gasteiger charge is -2.10. The van der Waals surface area contributed by atoms with Crippen LogP contribution < -0.4 is 5.73 Å². The third kappa shape index (κ3) is 3.16. The Morgan fingerprint density at radius 3 is 2.78 bits per heavy atom. The van der Waals surface area contributed by atoms with Crippen molar-refractivity contribution in [3.8, 4) is 22.2 Å². The molecular weight excluding hydrogens is 334 g/mol. The standard InChI is InChI=1S/C16H15N3O2S.ClH/c17-8-10-1-3-11(4-2-10)15-18-16(21-19-15)14-7-12-9-20-6-5-13(12)22-14;/h1-4,7H,5-6,8-9,17H2;1H. The van der Waals surface area contributed by atoms with Gasteiger partial charge in [0.2, 0.25) is 5.82 Å². The lowest BCUT2D eigenvalue weighted by Crippen LogP contribution is -2.05. The van der Waals surface area contributed by atoms with E-state index in [1.54, 1.807) is 11.3 Å². The van der Waals surface area contributed by atoms with Gasteiger partial charge in [0, 0.05) is 23.4 Å². The normalized spacial score (nSPS) is 13.4. The fourth-order valence-electron chi connectivity index (χ4n) is 2.48. The molecule has 2 aromatic heterocycles. The highest BCUT2D eigenvalue weighted by Crippen LogP contribution is 2.34. The Kier molecular flexibility index (Phi) is 4.77. The molecule has 2 N–H and O–H groups in total. The third-order valence-electron chi connectivity index (χ3n) is 3.71. The van der Waals surface area contributed by atoms with Gasteiger partial charge in [0.15, 0.2) is 0 Å². The highest BCUT2D eigenvalue weighted by molar-refractivity contribution is 7.15. The lowest BCUT2D eigenvalue weighted by molar-refractivity contribution is 0.112. The summed E-state index contributed by atoms with van der Waals surface area (Å²) >= 11 is 1.71. The van der Waals surface area contributed by atoms with Crippen molar-refractivity contribution in [1.29, 1.82) is 0 Å². The van der Waals surface area contributed by atoms with Crippen LogP contribution in [0.3, 0.4) is 0 Å². The molecule has 3 heterocycles. The average Bonchev–Trinajstić information content (AvgIpc) is 3.21. The first-order valence-electron chi connectivity index (χ1n) is 7.16. The summed E-state index contributed by atoms with van der Waals surface area (Å²) in [5.41, 5.74) is 8.85. The largest absolute Gasteiger partial charge is 0.376 e. The summed E-state index contributed by atoms with van der Waals surface area (Å²) in [5.74, 6) is 1.17. The fraction of sp³-hybridized carbons (Fsp3) is 0.250. The van der Waals surface area contributed by atoms with Crippen molar-refractivity contribution in [2.75, 3.05) is 6.61 Å². The van der Waals surface area contributed by atoms with Gasteiger partial charge < -0.3 is 15.0 Å². The number of nitrogens with zero attached hydrogens (tertiary/aromatic N) is 2. The monoisotopic (exact) mass is 349 g/mol. The van der Waals surface area contributed by atoms with Crippen LogP contribution in [-0.4, -0.2) is 16.7 Å². The summed E-state index contributed by atoms with van der Waals surface area (Å²) in [6.45, 7) is 1.99. The molecule has 3 aromatic rings. The fourth-order valence-corrected chi connectivity index (χ4v) is 3.55. The molecule has 1 aromatic carbocycles. The number of hydrogen-bond donors (Lipinski definition) is 1. The van der Waals surface area contributed by atoms with Crippen molar-refractivity contribution in [2.24, 2.45) is 5.73 Å². The molecule has 0 atom stereocenters. The molecule has 1 aliphatic rings. The van der Waals surface area contributed by atoms with Crippen LogP contribution in [0.4, 0.5) is 0 Å². The van der Waals surface area contributed by atoms with Crippen molar-refractivity contribution in [3.05, 3.63) is 46.3 Å². The minimum absolute atomic E-state index is 0. The molecule has 120 valence electrons. The predicted molar refractivity (Wildman–Crippen MR) is 91.5 cm³/mol. The van der Waals surface area contributed by atoms with Gasteiger partial charge in [-0.25, -0.2) is 0 Å². The molecule has 23 heavy (non-hydrogen) atoms. The van der Waals surface area contributed by atoms with E-state index < -0.39 is 0 Å². The van der Waals surface area contributed by atoms with E-state index in [4.69, 9.17) is 15.0 Å². The van der Waals surface area contributed by atoms with E-state index in [2.05, 4.69) is 16.2 Å². The number of fused-ring (bicyclic) bond motifs is 1. The number of benzene rings is 1. The van der Waals surface area contributed by atoms with Gasteiger partial charge in [0.25, 0.3) is 5.89 Å². The van der Waals surface area contributed by atoms with E-state index in [9.17, 15) is 0 Å². The van der Waals surface area contributed by atoms with Crippen LogP contribution >= 0.6 is 23.7 Å². The molecule has 0 bridgehead atoms. The highest BCUT2D eigenvalue weighted by atomic mass is 35.5. The van der Waals surface area contributed by atoms with Gasteiger partial charge in [0.05, 0.1) is 18.1 Å². The first kappa shape index (κ1) is 16.1. The van der Waals surface area contributed by atoms with Crippen molar-refractivity contribution in [2.45, 2.75) is 19.6 Å². The summed E-state index contributed by atoms with van der Waals surface area (Å²) in [4.78, 5) is 6.87. The first-order valence-corrected chi connectivity index (χ1v) is 7.98. The van der Waals surface area contributed by atoms with Crippen molar-refractivity contribution in [1.82, 2.24) is 10.1 Å². The number of hydrogen-bond acceptors (Lipinski definition) is 6. The number of nitrogens with two attached hydrogens (primary N) is 1. The smallest absolute Gasteiger partial charge is 0.268 e. The maximum absolute atomic E-state index is 5.61. The number of aromatic nitrogens is 2. The van der Waals surface area contributed by atoms with E-state index in [0.717, 1.165) is 29.0 Å². The van der Waals surface area contributed by atoms with E-state index in [1.165, 1.54) is 10.4 Å². The van der Waals surface area contributed by atoms with E-state index >= 15 is 0 Å². The summed E-state index contributed by atoms with van der Waals surface area (Å²) in [5, 5.41) is 4.08. The molecular formula is C16H16ClN3O2S. The Morgan fingerprint density at radius 2 is 2.04 bits per heavy atom. The van der Waals surface area contributed by atoms with Crippen molar-refractivity contribution < 1.29 is 9.26 Å². The SMILES string of the molecule is Cl.NCc1ccc(-c2noc(-c3cc4c(s3)CCOC4)n2)cc1. The van der Waals surface area contributed by atoms with Crippen molar-refractivity contribution >= 4 is 23.7 Å². The first-order chi connectivity index (χ1) is 10.8. The summed E-state index contributed by atoms with van der Waals surface area (Å²) < 4.78 is 10.9. The number of thiophene rings is 1. The third-order valence-corrected chi connectivity index (χ3v) is 4.94. The molecule has 0 aliphatic carbocycles. The number of rotatable bonds is 3. The summed E-state index contributed by atoms with van der Waals surface area (Å²) in [7, 11) is 0. The number of halogens is 1. The molecule has 0 spiro atoms. The van der Waals surface area contributed by atoms with Crippen molar-refractivity contribution in [3.63, 3.8) is 0 Å². The van der Waals surface area contributed by atoms with E-state index in [-0.39, 0.29) is 12.4 Å². The molecule has 1 aliphatic heterocycles. The average molecular weight is 350 g/mol. The van der Waals surface area contributed by atoms with Crippen LogP contribution in [0.2, 0.25) is 0 Å². The van der Waals surface area contributed by atoms with Gasteiger partial charge in [-0.3, -0.25) is 0 Å². The minimum atomic E-state index is 0. The van der Waals surface area contributed by atoms with Gasteiger partial charge in [-0.15, -0.1) is 23.7 Å². The second-order valence-electron chi connectivity index (χ2n) is 5.19. The Labute approximate surface area is 143 Å². The van der Waals surface area contributed by atoms with Crippen LogP contribution in [0.1, 0.15) is 16.0 Å². The van der Waals surface area contributed by atoms with Gasteiger partial charge >= 0.3 is 0 Å². The predicted octanol–water partition coefficient (Wildman–Crippen LogP) is 3.42. The zero-order valence-corrected chi connectivity index (χ0v) is 14.0. The van der Waals surface area contributed by atoms with Gasteiger partial charge in [-0.05, 0) is 17.2 Å². The zero-order chi connectivity index (χ0) is 14.9. The molecule has 0 saturated heterocycles. The summed E-state index contributed by atoms with van der Waals surface area (Å²) in [6, 6.07) is 9.97. The van der Waals surface area contributed by atoms with Gasteiger partial charge in [0.1, 0.15) is 0 Å². The second kappa shape index (κ2) is 6.80. The Balaban J connectivity index is 0.00000156. The Hall–Kier alpha value is -1.73. The summed E-state index contributed by atoms with van der Waals surface area (Å²) in [6.07, 6.45) is 0.960.